The summed E-state index contributed by atoms with van der Waals surface area (Å²) in [7, 11) is 2.99. The summed E-state index contributed by atoms with van der Waals surface area (Å²) in [4.78, 5) is 57.1. The number of anilines is 1. The van der Waals surface area contributed by atoms with Crippen molar-refractivity contribution in [3.63, 3.8) is 0 Å². The van der Waals surface area contributed by atoms with Crippen LogP contribution in [-0.2, 0) is 20.1 Å². The minimum absolute atomic E-state index is 0.0670. The first kappa shape index (κ1) is 30.8. The Bertz CT molecular complexity index is 2100. The summed E-state index contributed by atoms with van der Waals surface area (Å²) >= 11 is 0. The molecule has 0 aliphatic heterocycles. The molecule has 3 aromatic carbocycles. The summed E-state index contributed by atoms with van der Waals surface area (Å²) in [5, 5.41) is 5.86. The number of nitrogens with one attached hydrogen (secondary N) is 4. The molecule has 4 N–H and O–H groups in total. The largest absolute Gasteiger partial charge is 0.496 e. The van der Waals surface area contributed by atoms with Gasteiger partial charge in [0.1, 0.15) is 17.1 Å². The Balaban J connectivity index is 1.43. The molecule has 230 valence electrons. The van der Waals surface area contributed by atoms with E-state index in [4.69, 9.17) is 4.74 Å². The number of halogens is 1. The molecule has 5 aromatic rings. The summed E-state index contributed by atoms with van der Waals surface area (Å²) in [6, 6.07) is 14.4. The van der Waals surface area contributed by atoms with Gasteiger partial charge in [-0.2, -0.15) is 0 Å². The molecular weight excluding hydrogens is 579 g/mol. The molecule has 0 aliphatic rings. The Morgan fingerprint density at radius 2 is 1.71 bits per heavy atom. The summed E-state index contributed by atoms with van der Waals surface area (Å²) < 4.78 is 22.3. The lowest BCUT2D eigenvalue weighted by Crippen LogP contribution is -2.28. The van der Waals surface area contributed by atoms with E-state index in [-0.39, 0.29) is 18.7 Å². The van der Waals surface area contributed by atoms with E-state index in [0.717, 1.165) is 27.8 Å². The molecule has 0 saturated carbocycles. The number of hydrogen-bond donors (Lipinski definition) is 4. The Kier molecular flexibility index (Phi) is 8.86. The van der Waals surface area contributed by atoms with Crippen LogP contribution in [0.5, 0.6) is 5.75 Å². The number of benzene rings is 3. The van der Waals surface area contributed by atoms with Gasteiger partial charge in [0.2, 0.25) is 0 Å². The van der Waals surface area contributed by atoms with Gasteiger partial charge in [0.25, 0.3) is 17.0 Å². The number of carbonyl (C=O) groups is 1. The van der Waals surface area contributed by atoms with Gasteiger partial charge in [-0.15, -0.1) is 0 Å². The quantitative estimate of drug-likeness (QED) is 0.198. The first-order chi connectivity index (χ1) is 21.6. The van der Waals surface area contributed by atoms with Crippen molar-refractivity contribution in [2.75, 3.05) is 12.4 Å². The van der Waals surface area contributed by atoms with E-state index >= 15 is 4.39 Å². The van der Waals surface area contributed by atoms with Gasteiger partial charge in [-0.05, 0) is 65.4 Å². The summed E-state index contributed by atoms with van der Waals surface area (Å²) in [5.41, 5.74) is 4.31. The third kappa shape index (κ3) is 6.36. The maximum atomic E-state index is 15.5. The lowest BCUT2D eigenvalue weighted by atomic mass is 9.90. The number of hydrogen-bond acceptors (Lipinski definition) is 7. The van der Waals surface area contributed by atoms with Crippen molar-refractivity contribution < 1.29 is 13.9 Å². The van der Waals surface area contributed by atoms with E-state index < -0.39 is 28.5 Å². The Morgan fingerprint density at radius 1 is 1.00 bits per heavy atom. The van der Waals surface area contributed by atoms with Gasteiger partial charge in [-0.1, -0.05) is 30.3 Å². The average molecular weight is 611 g/mol. The van der Waals surface area contributed by atoms with Crippen LogP contribution in [0, 0.1) is 19.7 Å². The number of H-pyrrole nitrogens is 2. The lowest BCUT2D eigenvalue weighted by molar-refractivity contribution is 0.102. The smallest absolute Gasteiger partial charge is 0.325 e. The molecule has 0 unspecified atom stereocenters. The molecule has 0 radical (unpaired) electrons. The van der Waals surface area contributed by atoms with E-state index in [1.165, 1.54) is 43.5 Å². The van der Waals surface area contributed by atoms with Crippen LogP contribution in [0.2, 0.25) is 0 Å². The third-order valence-corrected chi connectivity index (χ3v) is 7.64. The first-order valence-corrected chi connectivity index (χ1v) is 14.0. The molecule has 2 aromatic heterocycles. The SMILES string of the molecule is COc1cc(-c2cccc(-c3cccc(NC(=O)c4cncn(C)c4=O)c3C)c2C)cc(F)c1CNCc1c[nH]c(=O)[nH]c1=O. The van der Waals surface area contributed by atoms with Crippen LogP contribution in [-0.4, -0.2) is 32.5 Å². The van der Waals surface area contributed by atoms with Crippen molar-refractivity contribution in [1.29, 1.82) is 0 Å². The number of aromatic amines is 2. The lowest BCUT2D eigenvalue weighted by Gasteiger charge is -2.18. The van der Waals surface area contributed by atoms with Crippen LogP contribution in [0.25, 0.3) is 22.3 Å². The van der Waals surface area contributed by atoms with Crippen LogP contribution in [0.3, 0.4) is 0 Å². The Hall–Kier alpha value is -5.62. The summed E-state index contributed by atoms with van der Waals surface area (Å²) in [5.74, 6) is -0.711. The van der Waals surface area contributed by atoms with E-state index in [1.807, 2.05) is 44.2 Å². The zero-order chi connectivity index (χ0) is 32.2. The fourth-order valence-electron chi connectivity index (χ4n) is 5.17. The highest BCUT2D eigenvalue weighted by atomic mass is 19.1. The van der Waals surface area contributed by atoms with Crippen molar-refractivity contribution in [3.8, 4) is 28.0 Å². The fraction of sp³-hybridized carbons (Fsp3) is 0.182. The highest BCUT2D eigenvalue weighted by Gasteiger charge is 2.18. The van der Waals surface area contributed by atoms with Crippen molar-refractivity contribution in [3.05, 3.63) is 132 Å². The maximum absolute atomic E-state index is 15.5. The second-order valence-corrected chi connectivity index (χ2v) is 10.5. The van der Waals surface area contributed by atoms with Crippen LogP contribution in [0.4, 0.5) is 10.1 Å². The number of aromatic nitrogens is 4. The number of carbonyl (C=O) groups excluding carboxylic acids is 1. The molecule has 0 fully saturated rings. The molecule has 45 heavy (non-hydrogen) atoms. The van der Waals surface area contributed by atoms with Crippen molar-refractivity contribution >= 4 is 11.6 Å². The van der Waals surface area contributed by atoms with Gasteiger partial charge < -0.3 is 24.9 Å². The molecule has 11 nitrogen and oxygen atoms in total. The molecule has 0 spiro atoms. The zero-order valence-corrected chi connectivity index (χ0v) is 25.1. The molecule has 12 heteroatoms. The number of rotatable bonds is 9. The van der Waals surface area contributed by atoms with E-state index in [9.17, 15) is 19.2 Å². The monoisotopic (exact) mass is 610 g/mol. The first-order valence-electron chi connectivity index (χ1n) is 14.0. The van der Waals surface area contributed by atoms with Crippen LogP contribution in [0.1, 0.15) is 32.6 Å². The summed E-state index contributed by atoms with van der Waals surface area (Å²) in [6.07, 6.45) is 3.90. The van der Waals surface area contributed by atoms with Gasteiger partial charge in [-0.3, -0.25) is 19.4 Å². The van der Waals surface area contributed by atoms with Crippen molar-refractivity contribution in [2.24, 2.45) is 7.05 Å². The fourth-order valence-corrected chi connectivity index (χ4v) is 5.17. The molecule has 2 heterocycles. The molecule has 0 saturated heterocycles. The van der Waals surface area contributed by atoms with Crippen LogP contribution >= 0.6 is 0 Å². The minimum atomic E-state index is -0.602. The van der Waals surface area contributed by atoms with E-state index in [1.54, 1.807) is 12.1 Å². The second kappa shape index (κ2) is 12.9. The molecule has 0 bridgehead atoms. The van der Waals surface area contributed by atoms with Crippen molar-refractivity contribution in [2.45, 2.75) is 26.9 Å². The molecule has 0 aliphatic carbocycles. The van der Waals surface area contributed by atoms with Gasteiger partial charge in [0, 0.05) is 49.3 Å². The number of amides is 1. The number of methoxy groups -OCH3 is 1. The minimum Gasteiger partial charge on any atom is -0.496 e. The van der Waals surface area contributed by atoms with E-state index in [2.05, 4.69) is 25.6 Å². The normalized spacial score (nSPS) is 11.0. The zero-order valence-electron chi connectivity index (χ0n) is 25.1. The molecule has 5 rings (SSSR count). The third-order valence-electron chi connectivity index (χ3n) is 7.64. The summed E-state index contributed by atoms with van der Waals surface area (Å²) in [6.45, 7) is 4.01. The highest BCUT2D eigenvalue weighted by Crippen LogP contribution is 2.37. The number of ether oxygens (including phenoxy) is 1. The van der Waals surface area contributed by atoms with Gasteiger partial charge in [-0.25, -0.2) is 14.2 Å². The van der Waals surface area contributed by atoms with E-state index in [0.29, 0.717) is 28.1 Å². The molecule has 1 amide bonds. The predicted molar refractivity (Wildman–Crippen MR) is 169 cm³/mol. The standard InChI is InChI=1S/C33H31FN6O5/c1-18-22(20-11-27(34)25(29(12-20)45-4)15-35-13-21-14-37-33(44)39-30(21)41)7-5-8-23(18)24-9-6-10-28(19(24)2)38-31(42)26-16-36-17-40(3)32(26)43/h5-12,14,16-17,35H,13,15H2,1-4H3,(H,38,42)(H2,37,39,41,44). The topological polar surface area (TPSA) is 151 Å². The van der Waals surface area contributed by atoms with Crippen LogP contribution < -0.4 is 32.2 Å². The number of nitrogens with zero attached hydrogens (tertiary/aromatic N) is 2. The number of aryl methyl sites for hydroxylation is 1. The molecular formula is C33H31FN6O5. The van der Waals surface area contributed by atoms with Gasteiger partial charge in [0.15, 0.2) is 0 Å². The highest BCUT2D eigenvalue weighted by molar-refractivity contribution is 6.04. The Labute approximate surface area is 256 Å². The second-order valence-electron chi connectivity index (χ2n) is 10.5. The molecule has 0 atom stereocenters. The van der Waals surface area contributed by atoms with Crippen molar-refractivity contribution in [1.82, 2.24) is 24.8 Å². The van der Waals surface area contributed by atoms with Gasteiger partial charge >= 0.3 is 5.69 Å². The van der Waals surface area contributed by atoms with Gasteiger partial charge in [0.05, 0.1) is 13.4 Å². The predicted octanol–water partition coefficient (Wildman–Crippen LogP) is 3.80. The average Bonchev–Trinajstić information content (AvgIpc) is 3.01. The maximum Gasteiger partial charge on any atom is 0.325 e. The Morgan fingerprint density at radius 3 is 2.44 bits per heavy atom. The van der Waals surface area contributed by atoms with Crippen LogP contribution in [0.15, 0.2) is 81.6 Å².